The van der Waals surface area contributed by atoms with Crippen molar-refractivity contribution in [3.8, 4) is 11.5 Å². The van der Waals surface area contributed by atoms with Crippen LogP contribution in [-0.2, 0) is 11.3 Å². The zero-order valence-corrected chi connectivity index (χ0v) is 14.9. The second kappa shape index (κ2) is 7.94. The Bertz CT molecular complexity index is 787. The average molecular weight is 367 g/mol. The lowest BCUT2D eigenvalue weighted by atomic mass is 10.1. The highest BCUT2D eigenvalue weighted by atomic mass is 35.5. The first kappa shape index (κ1) is 18.7. The number of nitrogens with zero attached hydrogens (tertiary/aromatic N) is 1. The Morgan fingerprint density at radius 1 is 1.36 bits per heavy atom. The van der Waals surface area contributed by atoms with Gasteiger partial charge >= 0.3 is 0 Å². The lowest BCUT2D eigenvalue weighted by Gasteiger charge is -2.18. The van der Waals surface area contributed by atoms with E-state index in [0.29, 0.717) is 12.1 Å². The van der Waals surface area contributed by atoms with E-state index in [9.17, 15) is 9.59 Å². The predicted octanol–water partition coefficient (Wildman–Crippen LogP) is 2.39. The molecule has 0 saturated heterocycles. The summed E-state index contributed by atoms with van der Waals surface area (Å²) in [6.07, 6.45) is 1.58. The van der Waals surface area contributed by atoms with Crippen LogP contribution in [0.2, 0.25) is 5.02 Å². The molecule has 0 aliphatic rings. The van der Waals surface area contributed by atoms with Crippen molar-refractivity contribution in [2.75, 3.05) is 20.8 Å². The lowest BCUT2D eigenvalue weighted by Crippen LogP contribution is -2.26. The lowest BCUT2D eigenvalue weighted by molar-refractivity contribution is -0.119. The fourth-order valence-electron chi connectivity index (χ4n) is 2.25. The van der Waals surface area contributed by atoms with Crippen LogP contribution in [0.3, 0.4) is 0 Å². The van der Waals surface area contributed by atoms with Gasteiger partial charge in [0.2, 0.25) is 0 Å². The molecular weight excluding hydrogens is 348 g/mol. The van der Waals surface area contributed by atoms with E-state index in [0.717, 1.165) is 11.3 Å². The molecule has 2 rings (SSSR count). The zero-order valence-electron chi connectivity index (χ0n) is 14.2. The quantitative estimate of drug-likeness (QED) is 0.811. The summed E-state index contributed by atoms with van der Waals surface area (Å²) in [5.74, 6) is 0.263. The third-order valence-electron chi connectivity index (χ3n) is 3.56. The van der Waals surface area contributed by atoms with E-state index in [1.165, 1.54) is 24.1 Å². The van der Waals surface area contributed by atoms with Crippen LogP contribution in [0.15, 0.2) is 28.9 Å². The molecule has 2 aromatic rings. The minimum absolute atomic E-state index is 0.150. The average Bonchev–Trinajstić information content (AvgIpc) is 2.96. The van der Waals surface area contributed by atoms with Gasteiger partial charge in [-0.25, -0.2) is 0 Å². The molecular formula is C17H19ClN2O5. The summed E-state index contributed by atoms with van der Waals surface area (Å²) in [6.45, 7) is 1.88. The number of rotatable bonds is 7. The van der Waals surface area contributed by atoms with Crippen LogP contribution in [0.4, 0.5) is 0 Å². The molecule has 0 atom stereocenters. The molecule has 0 fully saturated rings. The summed E-state index contributed by atoms with van der Waals surface area (Å²) >= 11 is 6.17. The number of hydrogen-bond acceptors (Lipinski definition) is 5. The van der Waals surface area contributed by atoms with E-state index in [2.05, 4.69) is 0 Å². The number of halogens is 1. The third-order valence-corrected chi connectivity index (χ3v) is 3.84. The summed E-state index contributed by atoms with van der Waals surface area (Å²) < 4.78 is 15.7. The number of hydrogen-bond donors (Lipinski definition) is 1. The third kappa shape index (κ3) is 4.45. The van der Waals surface area contributed by atoms with E-state index >= 15 is 0 Å². The van der Waals surface area contributed by atoms with Crippen LogP contribution in [0.25, 0.3) is 0 Å². The van der Waals surface area contributed by atoms with Gasteiger partial charge in [0.05, 0.1) is 18.4 Å². The Labute approximate surface area is 150 Å². The van der Waals surface area contributed by atoms with Crippen molar-refractivity contribution >= 4 is 23.4 Å². The molecule has 1 aromatic carbocycles. The van der Waals surface area contributed by atoms with Crippen LogP contribution in [0.1, 0.15) is 21.7 Å². The van der Waals surface area contributed by atoms with Gasteiger partial charge in [-0.05, 0) is 25.1 Å². The number of methoxy groups -OCH3 is 1. The molecule has 0 aliphatic carbocycles. The normalized spacial score (nSPS) is 10.4. The van der Waals surface area contributed by atoms with Crippen LogP contribution < -0.4 is 15.2 Å². The van der Waals surface area contributed by atoms with Crippen molar-refractivity contribution in [2.45, 2.75) is 13.5 Å². The van der Waals surface area contributed by atoms with Gasteiger partial charge in [0, 0.05) is 24.7 Å². The number of aryl methyl sites for hydroxylation is 1. The highest BCUT2D eigenvalue weighted by Crippen LogP contribution is 2.36. The molecule has 0 bridgehead atoms. The maximum atomic E-state index is 12.6. The molecule has 2 amide bonds. The van der Waals surface area contributed by atoms with Gasteiger partial charge in [0.25, 0.3) is 11.8 Å². The first-order valence-electron chi connectivity index (χ1n) is 7.40. The maximum absolute atomic E-state index is 12.6. The van der Waals surface area contributed by atoms with Gasteiger partial charge in [0.1, 0.15) is 5.76 Å². The van der Waals surface area contributed by atoms with Crippen LogP contribution in [-0.4, -0.2) is 37.5 Å². The van der Waals surface area contributed by atoms with Crippen molar-refractivity contribution in [1.82, 2.24) is 4.90 Å². The summed E-state index contributed by atoms with van der Waals surface area (Å²) in [6, 6.07) is 4.78. The van der Waals surface area contributed by atoms with Crippen molar-refractivity contribution in [2.24, 2.45) is 5.73 Å². The Hall–Kier alpha value is -2.67. The fraction of sp³-hybridized carbons (Fsp3) is 0.294. The number of furan rings is 1. The smallest absolute Gasteiger partial charge is 0.255 e. The van der Waals surface area contributed by atoms with Gasteiger partial charge in [-0.1, -0.05) is 11.6 Å². The van der Waals surface area contributed by atoms with Crippen LogP contribution in [0.5, 0.6) is 11.5 Å². The molecule has 0 aliphatic heterocycles. The number of benzene rings is 1. The minimum atomic E-state index is -0.645. The number of carbonyl (C=O) groups is 2. The second-order valence-electron chi connectivity index (χ2n) is 5.41. The minimum Gasteiger partial charge on any atom is -0.493 e. The standard InChI is InChI=1S/C17H19ClN2O5/c1-10-11(4-5-24-10)8-20(2)17(22)12-6-13(18)16(14(7-12)23-3)25-9-15(19)21/h4-7H,8-9H2,1-3H3,(H2,19,21). The van der Waals surface area contributed by atoms with Crippen LogP contribution >= 0.6 is 11.6 Å². The Morgan fingerprint density at radius 3 is 2.64 bits per heavy atom. The highest BCUT2D eigenvalue weighted by Gasteiger charge is 2.19. The van der Waals surface area contributed by atoms with E-state index < -0.39 is 5.91 Å². The van der Waals surface area contributed by atoms with Gasteiger partial charge in [-0.15, -0.1) is 0 Å². The molecule has 2 N–H and O–H groups in total. The topological polar surface area (TPSA) is 95.0 Å². The van der Waals surface area contributed by atoms with Gasteiger partial charge in [-0.3, -0.25) is 9.59 Å². The van der Waals surface area contributed by atoms with E-state index in [-0.39, 0.29) is 29.0 Å². The van der Waals surface area contributed by atoms with Crippen molar-refractivity contribution < 1.29 is 23.5 Å². The van der Waals surface area contributed by atoms with Gasteiger partial charge in [-0.2, -0.15) is 0 Å². The number of ether oxygens (including phenoxy) is 2. The van der Waals surface area contributed by atoms with E-state index in [1.54, 1.807) is 13.3 Å². The van der Waals surface area contributed by atoms with E-state index in [4.69, 9.17) is 31.2 Å². The van der Waals surface area contributed by atoms with Gasteiger partial charge in [0.15, 0.2) is 18.1 Å². The fourth-order valence-corrected chi connectivity index (χ4v) is 2.51. The number of amides is 2. The number of nitrogens with two attached hydrogens (primary N) is 1. The van der Waals surface area contributed by atoms with Crippen LogP contribution in [0, 0.1) is 6.92 Å². The Morgan fingerprint density at radius 2 is 2.08 bits per heavy atom. The molecule has 1 aromatic heterocycles. The largest absolute Gasteiger partial charge is 0.493 e. The highest BCUT2D eigenvalue weighted by molar-refractivity contribution is 6.32. The second-order valence-corrected chi connectivity index (χ2v) is 5.81. The number of primary amides is 1. The monoisotopic (exact) mass is 366 g/mol. The van der Waals surface area contributed by atoms with Crippen molar-refractivity contribution in [3.05, 3.63) is 46.4 Å². The predicted molar refractivity (Wildman–Crippen MR) is 91.9 cm³/mol. The molecule has 0 spiro atoms. The summed E-state index contributed by atoms with van der Waals surface area (Å²) in [7, 11) is 3.09. The zero-order chi connectivity index (χ0) is 18.6. The summed E-state index contributed by atoms with van der Waals surface area (Å²) in [4.78, 5) is 25.1. The van der Waals surface area contributed by atoms with Crippen molar-refractivity contribution in [1.29, 1.82) is 0 Å². The summed E-state index contributed by atoms with van der Waals surface area (Å²) in [5, 5.41) is 0.150. The molecule has 1 heterocycles. The Kier molecular flexibility index (Phi) is 5.93. The first-order valence-corrected chi connectivity index (χ1v) is 7.78. The molecule has 0 saturated carbocycles. The first-order chi connectivity index (χ1) is 11.8. The molecule has 0 radical (unpaired) electrons. The Balaban J connectivity index is 2.23. The maximum Gasteiger partial charge on any atom is 0.255 e. The molecule has 0 unspecified atom stereocenters. The SMILES string of the molecule is COc1cc(C(=O)N(C)Cc2ccoc2C)cc(Cl)c1OCC(N)=O. The molecule has 134 valence electrons. The van der Waals surface area contributed by atoms with E-state index in [1.807, 2.05) is 13.0 Å². The summed E-state index contributed by atoms with van der Waals surface area (Å²) in [5.41, 5.74) is 6.30. The van der Waals surface area contributed by atoms with Gasteiger partial charge < -0.3 is 24.5 Å². The molecule has 25 heavy (non-hydrogen) atoms. The molecule has 7 nitrogen and oxygen atoms in total. The number of carbonyl (C=O) groups excluding carboxylic acids is 2. The van der Waals surface area contributed by atoms with Crippen molar-refractivity contribution in [3.63, 3.8) is 0 Å². The molecule has 8 heteroatoms.